The third kappa shape index (κ3) is 2.87. The van der Waals surface area contributed by atoms with Crippen LogP contribution < -0.4 is 0 Å². The molecule has 114 valence electrons. The fourth-order valence-electron chi connectivity index (χ4n) is 2.73. The fraction of sp³-hybridized carbons (Fsp3) is 0.278. The van der Waals surface area contributed by atoms with Crippen LogP contribution in [0.5, 0.6) is 0 Å². The Morgan fingerprint density at radius 1 is 1.18 bits per heavy atom. The zero-order chi connectivity index (χ0) is 15.5. The van der Waals surface area contributed by atoms with Gasteiger partial charge in [0.05, 0.1) is 11.0 Å². The molecule has 0 aliphatic carbocycles. The summed E-state index contributed by atoms with van der Waals surface area (Å²) in [6.45, 7) is 3.72. The fourth-order valence-corrected chi connectivity index (χ4v) is 2.89. The quantitative estimate of drug-likeness (QED) is 0.638. The van der Waals surface area contributed by atoms with Crippen LogP contribution in [0, 0.1) is 6.92 Å². The third-order valence-electron chi connectivity index (χ3n) is 3.83. The minimum absolute atomic E-state index is 0.713. The monoisotopic (exact) mass is 314 g/mol. The van der Waals surface area contributed by atoms with Crippen molar-refractivity contribution in [1.29, 1.82) is 0 Å². The number of imidazole rings is 1. The van der Waals surface area contributed by atoms with Gasteiger partial charge < -0.3 is 9.30 Å². The van der Waals surface area contributed by atoms with Gasteiger partial charge in [0.1, 0.15) is 5.82 Å². The summed E-state index contributed by atoms with van der Waals surface area (Å²) in [6.07, 6.45) is 0.948. The lowest BCUT2D eigenvalue weighted by Crippen LogP contribution is -2.04. The van der Waals surface area contributed by atoms with Crippen LogP contribution in [-0.2, 0) is 11.3 Å². The van der Waals surface area contributed by atoms with Gasteiger partial charge in [0, 0.05) is 30.8 Å². The zero-order valence-electron chi connectivity index (χ0n) is 12.8. The van der Waals surface area contributed by atoms with Crippen molar-refractivity contribution < 1.29 is 4.74 Å². The van der Waals surface area contributed by atoms with E-state index in [4.69, 9.17) is 21.3 Å². The van der Waals surface area contributed by atoms with E-state index in [0.29, 0.717) is 5.02 Å². The van der Waals surface area contributed by atoms with Crippen LogP contribution in [0.25, 0.3) is 22.4 Å². The summed E-state index contributed by atoms with van der Waals surface area (Å²) in [5.74, 6) is 0.992. The molecule has 0 atom stereocenters. The molecule has 1 aromatic heterocycles. The highest BCUT2D eigenvalue weighted by Gasteiger charge is 2.14. The largest absolute Gasteiger partial charge is 0.385 e. The van der Waals surface area contributed by atoms with Crippen LogP contribution in [0.15, 0.2) is 42.5 Å². The molecule has 0 amide bonds. The zero-order valence-corrected chi connectivity index (χ0v) is 13.6. The van der Waals surface area contributed by atoms with E-state index in [-0.39, 0.29) is 0 Å². The Bertz CT molecular complexity index is 795. The number of benzene rings is 2. The number of halogens is 1. The Kier molecular flexibility index (Phi) is 4.46. The summed E-state index contributed by atoms with van der Waals surface area (Å²) in [5.41, 5.74) is 4.42. The van der Waals surface area contributed by atoms with E-state index < -0.39 is 0 Å². The lowest BCUT2D eigenvalue weighted by Gasteiger charge is -2.10. The van der Waals surface area contributed by atoms with Crippen molar-refractivity contribution in [3.8, 4) is 11.4 Å². The van der Waals surface area contributed by atoms with Crippen LogP contribution in [0.1, 0.15) is 12.0 Å². The number of methoxy groups -OCH3 is 1. The molecule has 0 saturated heterocycles. The molecule has 22 heavy (non-hydrogen) atoms. The number of aryl methyl sites for hydroxylation is 2. The van der Waals surface area contributed by atoms with Gasteiger partial charge in [0.15, 0.2) is 0 Å². The second kappa shape index (κ2) is 6.51. The van der Waals surface area contributed by atoms with Crippen molar-refractivity contribution in [3.05, 3.63) is 53.1 Å². The van der Waals surface area contributed by atoms with Crippen LogP contribution >= 0.6 is 11.6 Å². The lowest BCUT2D eigenvalue weighted by atomic mass is 10.1. The predicted molar refractivity (Wildman–Crippen MR) is 91.4 cm³/mol. The van der Waals surface area contributed by atoms with Gasteiger partial charge >= 0.3 is 0 Å². The molecule has 0 unspecified atom stereocenters. The molecule has 0 bridgehead atoms. The number of rotatable bonds is 5. The maximum absolute atomic E-state index is 6.12. The van der Waals surface area contributed by atoms with Crippen molar-refractivity contribution in [1.82, 2.24) is 9.55 Å². The number of hydrogen-bond donors (Lipinski definition) is 0. The van der Waals surface area contributed by atoms with Crippen LogP contribution in [0.4, 0.5) is 0 Å². The Balaban J connectivity index is 2.15. The van der Waals surface area contributed by atoms with Crippen molar-refractivity contribution >= 4 is 22.6 Å². The van der Waals surface area contributed by atoms with E-state index >= 15 is 0 Å². The van der Waals surface area contributed by atoms with E-state index in [1.165, 1.54) is 5.56 Å². The molecule has 0 aliphatic heterocycles. The van der Waals surface area contributed by atoms with Gasteiger partial charge in [-0.25, -0.2) is 4.98 Å². The first-order chi connectivity index (χ1) is 10.7. The van der Waals surface area contributed by atoms with Gasteiger partial charge in [-0.2, -0.15) is 0 Å². The van der Waals surface area contributed by atoms with Crippen LogP contribution in [0.2, 0.25) is 5.02 Å². The number of fused-ring (bicyclic) bond motifs is 1. The van der Waals surface area contributed by atoms with Gasteiger partial charge in [-0.1, -0.05) is 35.9 Å². The molecule has 0 aliphatic rings. The highest BCUT2D eigenvalue weighted by Crippen LogP contribution is 2.28. The molecule has 3 aromatic rings. The summed E-state index contributed by atoms with van der Waals surface area (Å²) in [5, 5.41) is 0.713. The van der Waals surface area contributed by atoms with Gasteiger partial charge in [-0.05, 0) is 37.1 Å². The first kappa shape index (κ1) is 15.1. The molecular formula is C18H19ClN2O. The van der Waals surface area contributed by atoms with E-state index in [2.05, 4.69) is 23.6 Å². The molecule has 0 fully saturated rings. The number of nitrogens with zero attached hydrogens (tertiary/aromatic N) is 2. The molecule has 0 N–H and O–H groups in total. The first-order valence-corrected chi connectivity index (χ1v) is 7.79. The van der Waals surface area contributed by atoms with Crippen molar-refractivity contribution in [2.75, 3.05) is 13.7 Å². The number of hydrogen-bond acceptors (Lipinski definition) is 2. The molecule has 1 heterocycles. The summed E-state index contributed by atoms with van der Waals surface area (Å²) >= 11 is 6.12. The van der Waals surface area contributed by atoms with Gasteiger partial charge in [0.2, 0.25) is 0 Å². The van der Waals surface area contributed by atoms with E-state index in [1.54, 1.807) is 7.11 Å². The summed E-state index contributed by atoms with van der Waals surface area (Å²) in [6, 6.07) is 14.2. The molecule has 4 heteroatoms. The van der Waals surface area contributed by atoms with E-state index in [9.17, 15) is 0 Å². The Labute approximate surface area is 135 Å². The number of ether oxygens (including phenoxy) is 1. The highest BCUT2D eigenvalue weighted by molar-refractivity contribution is 6.31. The SMILES string of the molecule is COCCCn1c(-c2ccccc2C)nc2cc(Cl)ccc21. The van der Waals surface area contributed by atoms with Gasteiger partial charge in [0.25, 0.3) is 0 Å². The summed E-state index contributed by atoms with van der Waals surface area (Å²) in [7, 11) is 1.73. The Morgan fingerprint density at radius 3 is 2.77 bits per heavy atom. The smallest absolute Gasteiger partial charge is 0.141 e. The molecule has 0 radical (unpaired) electrons. The second-order valence-electron chi connectivity index (χ2n) is 5.38. The molecule has 0 spiro atoms. The Hall–Kier alpha value is -1.84. The normalized spacial score (nSPS) is 11.2. The molecule has 3 rings (SSSR count). The average Bonchev–Trinajstić information content (AvgIpc) is 2.85. The first-order valence-electron chi connectivity index (χ1n) is 7.41. The van der Waals surface area contributed by atoms with Crippen molar-refractivity contribution in [2.45, 2.75) is 19.9 Å². The second-order valence-corrected chi connectivity index (χ2v) is 5.82. The highest BCUT2D eigenvalue weighted by atomic mass is 35.5. The van der Waals surface area contributed by atoms with Gasteiger partial charge in [-0.3, -0.25) is 0 Å². The average molecular weight is 315 g/mol. The third-order valence-corrected chi connectivity index (χ3v) is 4.06. The van der Waals surface area contributed by atoms with Crippen LogP contribution in [0.3, 0.4) is 0 Å². The molecule has 3 nitrogen and oxygen atoms in total. The Morgan fingerprint density at radius 2 is 2.00 bits per heavy atom. The minimum atomic E-state index is 0.713. The standard InChI is InChI=1S/C18H19ClN2O/c1-13-6-3-4-7-15(13)18-20-16-12-14(19)8-9-17(16)21(18)10-5-11-22-2/h3-4,6-9,12H,5,10-11H2,1-2H3. The summed E-state index contributed by atoms with van der Waals surface area (Å²) in [4.78, 5) is 4.82. The van der Waals surface area contributed by atoms with Crippen LogP contribution in [-0.4, -0.2) is 23.3 Å². The predicted octanol–water partition coefficient (Wildman–Crippen LogP) is 4.70. The van der Waals surface area contributed by atoms with Crippen molar-refractivity contribution in [2.24, 2.45) is 0 Å². The molecule has 0 saturated carbocycles. The maximum atomic E-state index is 6.12. The number of aromatic nitrogens is 2. The van der Waals surface area contributed by atoms with Crippen molar-refractivity contribution in [3.63, 3.8) is 0 Å². The topological polar surface area (TPSA) is 27.1 Å². The molecular weight excluding hydrogens is 296 g/mol. The van der Waals surface area contributed by atoms with E-state index in [1.807, 2.05) is 30.3 Å². The molecule has 2 aromatic carbocycles. The minimum Gasteiger partial charge on any atom is -0.385 e. The maximum Gasteiger partial charge on any atom is 0.141 e. The van der Waals surface area contributed by atoms with E-state index in [0.717, 1.165) is 42.0 Å². The lowest BCUT2D eigenvalue weighted by molar-refractivity contribution is 0.191. The van der Waals surface area contributed by atoms with Gasteiger partial charge in [-0.15, -0.1) is 0 Å². The summed E-state index contributed by atoms with van der Waals surface area (Å²) < 4.78 is 7.44.